The molecular formula is C24H42O4. The average molecular weight is 395 g/mol. The summed E-state index contributed by atoms with van der Waals surface area (Å²) in [5.74, 6) is 0. The Hall–Kier alpha value is -0.940. The summed E-state index contributed by atoms with van der Waals surface area (Å²) in [6.07, 6.45) is 3.97. The van der Waals surface area contributed by atoms with Gasteiger partial charge in [0.25, 0.3) is 0 Å². The third-order valence-electron chi connectivity index (χ3n) is 4.91. The number of hydrogen-bond acceptors (Lipinski definition) is 4. The van der Waals surface area contributed by atoms with E-state index in [1.807, 2.05) is 33.8 Å². The van der Waals surface area contributed by atoms with Crippen molar-refractivity contribution in [2.24, 2.45) is 0 Å². The van der Waals surface area contributed by atoms with Crippen molar-refractivity contribution in [2.75, 3.05) is 0 Å². The maximum absolute atomic E-state index is 5.87. The van der Waals surface area contributed by atoms with Crippen LogP contribution in [-0.2, 0) is 30.8 Å². The first-order valence-corrected chi connectivity index (χ1v) is 10.6. The van der Waals surface area contributed by atoms with Crippen LogP contribution in [-0.4, -0.2) is 11.2 Å². The Morgan fingerprint density at radius 3 is 1.29 bits per heavy atom. The summed E-state index contributed by atoms with van der Waals surface area (Å²) in [7, 11) is 0. The summed E-state index contributed by atoms with van der Waals surface area (Å²) < 4.78 is 0. The molecule has 0 aliphatic rings. The van der Waals surface area contributed by atoms with Crippen molar-refractivity contribution in [1.82, 2.24) is 0 Å². The highest BCUT2D eigenvalue weighted by molar-refractivity contribution is 5.30. The molecule has 0 unspecified atom stereocenters. The van der Waals surface area contributed by atoms with E-state index in [4.69, 9.17) is 19.6 Å². The van der Waals surface area contributed by atoms with Gasteiger partial charge in [-0.25, -0.2) is 19.6 Å². The van der Waals surface area contributed by atoms with Gasteiger partial charge in [-0.3, -0.25) is 0 Å². The van der Waals surface area contributed by atoms with Gasteiger partial charge in [-0.1, -0.05) is 44.9 Å². The van der Waals surface area contributed by atoms with Gasteiger partial charge in [0.2, 0.25) is 0 Å². The molecule has 0 fully saturated rings. The second-order valence-corrected chi connectivity index (χ2v) is 9.95. The molecule has 0 N–H and O–H groups in total. The molecule has 4 heteroatoms. The summed E-state index contributed by atoms with van der Waals surface area (Å²) in [4.78, 5) is 23.3. The van der Waals surface area contributed by atoms with Crippen molar-refractivity contribution in [3.8, 4) is 0 Å². The predicted octanol–water partition coefficient (Wildman–Crippen LogP) is 7.21. The first-order valence-electron chi connectivity index (χ1n) is 10.6. The molecule has 1 rings (SSSR count). The minimum absolute atomic E-state index is 0.315. The van der Waals surface area contributed by atoms with Crippen molar-refractivity contribution in [2.45, 2.75) is 117 Å². The second-order valence-electron chi connectivity index (χ2n) is 9.95. The molecule has 4 nitrogen and oxygen atoms in total. The van der Waals surface area contributed by atoms with Gasteiger partial charge >= 0.3 is 0 Å². The molecule has 0 bridgehead atoms. The summed E-state index contributed by atoms with van der Waals surface area (Å²) >= 11 is 0. The molecule has 28 heavy (non-hydrogen) atoms. The van der Waals surface area contributed by atoms with Gasteiger partial charge in [0.05, 0.1) is 11.2 Å². The number of hydrogen-bond donors (Lipinski definition) is 0. The smallest absolute Gasteiger partial charge is 0.123 e. The fraction of sp³-hybridized carbons (Fsp3) is 0.750. The Labute approximate surface area is 172 Å². The molecule has 1 aromatic carbocycles. The maximum atomic E-state index is 5.87. The first kappa shape index (κ1) is 25.1. The summed E-state index contributed by atoms with van der Waals surface area (Å²) in [5, 5.41) is 0. The van der Waals surface area contributed by atoms with E-state index in [1.165, 1.54) is 0 Å². The summed E-state index contributed by atoms with van der Waals surface area (Å²) in [5.41, 5.74) is 0.262. The number of rotatable bonds is 12. The van der Waals surface area contributed by atoms with Gasteiger partial charge in [-0.2, -0.15) is 0 Å². The number of benzene rings is 1. The van der Waals surface area contributed by atoms with E-state index in [0.29, 0.717) is 0 Å². The third-order valence-corrected chi connectivity index (χ3v) is 4.91. The van der Waals surface area contributed by atoms with Crippen LogP contribution in [0.3, 0.4) is 0 Å². The van der Waals surface area contributed by atoms with Crippen molar-refractivity contribution in [3.05, 3.63) is 35.4 Å². The molecule has 0 aliphatic heterocycles. The predicted molar refractivity (Wildman–Crippen MR) is 115 cm³/mol. The van der Waals surface area contributed by atoms with Gasteiger partial charge in [0.15, 0.2) is 0 Å². The lowest BCUT2D eigenvalue weighted by atomic mass is 9.91. The quantitative estimate of drug-likeness (QED) is 0.277. The van der Waals surface area contributed by atoms with E-state index < -0.39 is 11.2 Å². The lowest BCUT2D eigenvalue weighted by molar-refractivity contribution is -0.407. The zero-order valence-electron chi connectivity index (χ0n) is 19.8. The zero-order valence-corrected chi connectivity index (χ0v) is 19.8. The van der Waals surface area contributed by atoms with E-state index in [2.05, 4.69) is 59.7 Å². The lowest BCUT2D eigenvalue weighted by Gasteiger charge is -2.33. The molecule has 0 heterocycles. The molecule has 0 radical (unpaired) electrons. The molecule has 0 aromatic heterocycles. The first-order chi connectivity index (χ1) is 12.7. The Bertz CT molecular complexity index is 553. The fourth-order valence-electron chi connectivity index (χ4n) is 3.09. The summed E-state index contributed by atoms with van der Waals surface area (Å²) in [6.45, 7) is 20.6. The van der Waals surface area contributed by atoms with Gasteiger partial charge < -0.3 is 0 Å². The lowest BCUT2D eigenvalue weighted by Crippen LogP contribution is -2.32. The fourth-order valence-corrected chi connectivity index (χ4v) is 3.09. The van der Waals surface area contributed by atoms with Crippen LogP contribution in [0.15, 0.2) is 24.3 Å². The standard InChI is InChI=1S/C24H42O4/c1-11-16-21(3,4)25-27-23(7,8)19-14-13-15-20(18-19)24(9,10)28-26-22(5,6)17-12-2/h13-15,18H,11-12,16-17H2,1-10H3. The zero-order chi connectivity index (χ0) is 21.6. The Morgan fingerprint density at radius 2 is 0.964 bits per heavy atom. The topological polar surface area (TPSA) is 36.9 Å². The highest BCUT2D eigenvalue weighted by Crippen LogP contribution is 2.33. The van der Waals surface area contributed by atoms with E-state index in [9.17, 15) is 0 Å². The SMILES string of the molecule is CCCC(C)(C)OOC(C)(C)c1cccc(C(C)(C)OOC(C)(C)CCC)c1. The van der Waals surface area contributed by atoms with Crippen molar-refractivity contribution >= 4 is 0 Å². The molecular weight excluding hydrogens is 352 g/mol. The molecule has 0 atom stereocenters. The monoisotopic (exact) mass is 394 g/mol. The highest BCUT2D eigenvalue weighted by Gasteiger charge is 2.31. The van der Waals surface area contributed by atoms with Gasteiger partial charge in [0, 0.05) is 0 Å². The molecule has 0 spiro atoms. The normalized spacial score (nSPS) is 13.8. The molecule has 0 saturated heterocycles. The van der Waals surface area contributed by atoms with Gasteiger partial charge in [0.1, 0.15) is 11.2 Å². The van der Waals surface area contributed by atoms with Gasteiger partial charge in [-0.15, -0.1) is 0 Å². The van der Waals surface area contributed by atoms with Crippen LogP contribution in [0.2, 0.25) is 0 Å². The third kappa shape index (κ3) is 7.82. The molecule has 162 valence electrons. The Balaban J connectivity index is 2.91. The second kappa shape index (κ2) is 9.71. The van der Waals surface area contributed by atoms with Crippen LogP contribution in [0.1, 0.15) is 106 Å². The molecule has 1 aromatic rings. The Kier molecular flexibility index (Phi) is 8.70. The van der Waals surface area contributed by atoms with E-state index in [0.717, 1.165) is 36.8 Å². The largest absolute Gasteiger partial charge is 0.230 e. The molecule has 0 amide bonds. The minimum Gasteiger partial charge on any atom is -0.230 e. The van der Waals surface area contributed by atoms with Crippen LogP contribution in [0.4, 0.5) is 0 Å². The molecule has 0 aliphatic carbocycles. The highest BCUT2D eigenvalue weighted by atomic mass is 17.2. The van der Waals surface area contributed by atoms with Gasteiger partial charge in [-0.05, 0) is 85.4 Å². The van der Waals surface area contributed by atoms with Crippen molar-refractivity contribution in [1.29, 1.82) is 0 Å². The molecule has 0 saturated carbocycles. The van der Waals surface area contributed by atoms with Crippen molar-refractivity contribution < 1.29 is 19.6 Å². The van der Waals surface area contributed by atoms with E-state index >= 15 is 0 Å². The van der Waals surface area contributed by atoms with Crippen LogP contribution in [0.5, 0.6) is 0 Å². The van der Waals surface area contributed by atoms with Crippen LogP contribution in [0, 0.1) is 0 Å². The minimum atomic E-state index is -0.584. The average Bonchev–Trinajstić information content (AvgIpc) is 2.59. The van der Waals surface area contributed by atoms with E-state index in [1.54, 1.807) is 0 Å². The Morgan fingerprint density at radius 1 is 0.607 bits per heavy atom. The maximum Gasteiger partial charge on any atom is 0.123 e. The van der Waals surface area contributed by atoms with Crippen LogP contribution in [0.25, 0.3) is 0 Å². The van der Waals surface area contributed by atoms with Crippen molar-refractivity contribution in [3.63, 3.8) is 0 Å². The van der Waals surface area contributed by atoms with Crippen LogP contribution >= 0.6 is 0 Å². The summed E-state index contributed by atoms with van der Waals surface area (Å²) in [6, 6.07) is 8.23. The van der Waals surface area contributed by atoms with E-state index in [-0.39, 0.29) is 11.2 Å². The van der Waals surface area contributed by atoms with Crippen LogP contribution < -0.4 is 0 Å².